The fourth-order valence-corrected chi connectivity index (χ4v) is 2.72. The van der Waals surface area contributed by atoms with Crippen molar-refractivity contribution >= 4 is 62.3 Å². The van der Waals surface area contributed by atoms with Gasteiger partial charge in [-0.25, -0.2) is 0 Å². The van der Waals surface area contributed by atoms with Gasteiger partial charge in [0.1, 0.15) is 5.02 Å². The van der Waals surface area contributed by atoms with E-state index in [4.69, 9.17) is 55.9 Å². The molecule has 1 aliphatic rings. The molecule has 1 aliphatic heterocycles. The van der Waals surface area contributed by atoms with Crippen molar-refractivity contribution in [3.63, 3.8) is 0 Å². The van der Waals surface area contributed by atoms with Crippen molar-refractivity contribution in [3.8, 4) is 23.0 Å². The first-order valence-electron chi connectivity index (χ1n) is 4.99. The van der Waals surface area contributed by atoms with E-state index in [9.17, 15) is 0 Å². The first-order valence-corrected chi connectivity index (χ1v) is 7.30. The number of ether oxygens (including phenoxy) is 2. The Bertz CT molecular complexity index is 703. The second kappa shape index (κ2) is 4.90. The zero-order chi connectivity index (χ0) is 13.7. The van der Waals surface area contributed by atoms with Gasteiger partial charge in [-0.2, -0.15) is 0 Å². The van der Waals surface area contributed by atoms with Crippen molar-refractivity contribution in [1.29, 1.82) is 0 Å². The van der Waals surface area contributed by atoms with E-state index in [1.807, 2.05) is 0 Å². The highest BCUT2D eigenvalue weighted by atomic mass is 79.9. The van der Waals surface area contributed by atoms with Crippen LogP contribution in [0, 0.1) is 0 Å². The monoisotopic (exact) mass is 398 g/mol. The predicted molar refractivity (Wildman–Crippen MR) is 80.8 cm³/mol. The third kappa shape index (κ3) is 2.28. The second-order valence-electron chi connectivity index (χ2n) is 3.73. The summed E-state index contributed by atoms with van der Waals surface area (Å²) in [6.45, 7) is 0. The van der Waals surface area contributed by atoms with Crippen LogP contribution in [0.4, 0.5) is 0 Å². The molecule has 0 spiro atoms. The van der Waals surface area contributed by atoms with Gasteiger partial charge in [0.15, 0.2) is 23.0 Å². The Hall–Kier alpha value is -0.320. The topological polar surface area (TPSA) is 18.5 Å². The van der Waals surface area contributed by atoms with Crippen molar-refractivity contribution in [1.82, 2.24) is 0 Å². The molecule has 0 saturated carbocycles. The Balaban J connectivity index is 2.17. The Morgan fingerprint density at radius 1 is 0.737 bits per heavy atom. The molecular weight excluding hydrogens is 398 g/mol. The van der Waals surface area contributed by atoms with Gasteiger partial charge in [-0.15, -0.1) is 0 Å². The van der Waals surface area contributed by atoms with Gasteiger partial charge >= 0.3 is 0 Å². The molecule has 0 amide bonds. The lowest BCUT2D eigenvalue weighted by Gasteiger charge is -2.22. The first kappa shape index (κ1) is 13.7. The van der Waals surface area contributed by atoms with Crippen LogP contribution in [0.25, 0.3) is 0 Å². The molecule has 0 aliphatic carbocycles. The summed E-state index contributed by atoms with van der Waals surface area (Å²) >= 11 is 27.3. The van der Waals surface area contributed by atoms with Crippen LogP contribution in [0.3, 0.4) is 0 Å². The molecular formula is C12H3BrCl4O2. The van der Waals surface area contributed by atoms with E-state index < -0.39 is 0 Å². The van der Waals surface area contributed by atoms with Gasteiger partial charge in [0.05, 0.1) is 15.1 Å². The number of benzene rings is 2. The molecule has 19 heavy (non-hydrogen) atoms. The number of fused-ring (bicyclic) bond motifs is 2. The fraction of sp³-hybridized carbons (Fsp3) is 0. The highest BCUT2D eigenvalue weighted by Crippen LogP contribution is 2.53. The average molecular weight is 401 g/mol. The maximum Gasteiger partial charge on any atom is 0.190 e. The molecule has 2 aromatic carbocycles. The van der Waals surface area contributed by atoms with E-state index in [1.54, 1.807) is 18.2 Å². The van der Waals surface area contributed by atoms with Crippen LogP contribution < -0.4 is 9.47 Å². The molecule has 0 unspecified atom stereocenters. The maximum absolute atomic E-state index is 6.09. The number of rotatable bonds is 0. The van der Waals surface area contributed by atoms with Crippen LogP contribution in [-0.4, -0.2) is 0 Å². The van der Waals surface area contributed by atoms with E-state index in [0.717, 1.165) is 0 Å². The standard InChI is InChI=1S/C12H3BrCl4O2/c13-4-1-7-8(2-5(4)14)18-9-3-6(15)10(16)11(17)12(9)19-7/h1-3H. The van der Waals surface area contributed by atoms with Crippen molar-refractivity contribution in [2.45, 2.75) is 0 Å². The van der Waals surface area contributed by atoms with E-state index in [1.165, 1.54) is 0 Å². The molecule has 0 fully saturated rings. The van der Waals surface area contributed by atoms with E-state index >= 15 is 0 Å². The molecule has 0 N–H and O–H groups in total. The Morgan fingerprint density at radius 3 is 2.11 bits per heavy atom. The highest BCUT2D eigenvalue weighted by molar-refractivity contribution is 9.10. The van der Waals surface area contributed by atoms with Crippen LogP contribution in [0.1, 0.15) is 0 Å². The summed E-state index contributed by atoms with van der Waals surface area (Å²) in [6.07, 6.45) is 0. The normalized spacial score (nSPS) is 12.3. The molecule has 0 bridgehead atoms. The summed E-state index contributed by atoms with van der Waals surface area (Å²) in [7, 11) is 0. The third-order valence-electron chi connectivity index (χ3n) is 2.50. The average Bonchev–Trinajstić information content (AvgIpc) is 2.37. The van der Waals surface area contributed by atoms with Crippen LogP contribution in [0.2, 0.25) is 20.1 Å². The molecule has 0 saturated heterocycles. The zero-order valence-electron chi connectivity index (χ0n) is 8.94. The zero-order valence-corrected chi connectivity index (χ0v) is 13.5. The molecule has 98 valence electrons. The van der Waals surface area contributed by atoms with Crippen LogP contribution >= 0.6 is 62.3 Å². The summed E-state index contributed by atoms with van der Waals surface area (Å²) in [5.41, 5.74) is 0. The predicted octanol–water partition coefficient (Wildman–Crippen LogP) is 6.96. The van der Waals surface area contributed by atoms with Crippen molar-refractivity contribution in [2.75, 3.05) is 0 Å². The second-order valence-corrected chi connectivity index (χ2v) is 6.16. The van der Waals surface area contributed by atoms with Crippen molar-refractivity contribution < 1.29 is 9.47 Å². The molecule has 7 heteroatoms. The van der Waals surface area contributed by atoms with Crippen LogP contribution in [0.5, 0.6) is 23.0 Å². The van der Waals surface area contributed by atoms with Crippen LogP contribution in [0.15, 0.2) is 22.7 Å². The summed E-state index contributed by atoms with van der Waals surface area (Å²) in [5, 5.41) is 1.24. The quantitative estimate of drug-likeness (QED) is 0.380. The Labute approximate surface area is 137 Å². The number of hydrogen-bond donors (Lipinski definition) is 0. The van der Waals surface area contributed by atoms with Gasteiger partial charge < -0.3 is 9.47 Å². The first-order chi connectivity index (χ1) is 8.97. The summed E-state index contributed by atoms with van der Waals surface area (Å²) < 4.78 is 12.1. The summed E-state index contributed by atoms with van der Waals surface area (Å²) in [6, 6.07) is 4.88. The molecule has 3 rings (SSSR count). The molecule has 2 aromatic rings. The smallest absolute Gasteiger partial charge is 0.190 e. The van der Waals surface area contributed by atoms with E-state index in [2.05, 4.69) is 15.9 Å². The lowest BCUT2D eigenvalue weighted by Crippen LogP contribution is -2.00. The van der Waals surface area contributed by atoms with Crippen molar-refractivity contribution in [3.05, 3.63) is 42.8 Å². The largest absolute Gasteiger partial charge is 0.449 e. The summed E-state index contributed by atoms with van der Waals surface area (Å²) in [5.74, 6) is 1.70. The van der Waals surface area contributed by atoms with E-state index in [0.29, 0.717) is 37.5 Å². The third-order valence-corrected chi connectivity index (χ3v) is 4.94. The lowest BCUT2D eigenvalue weighted by molar-refractivity contribution is 0.359. The van der Waals surface area contributed by atoms with Crippen molar-refractivity contribution in [2.24, 2.45) is 0 Å². The van der Waals surface area contributed by atoms with Crippen LogP contribution in [-0.2, 0) is 0 Å². The number of halogens is 5. The molecule has 0 radical (unpaired) electrons. The van der Waals surface area contributed by atoms with Gasteiger partial charge in [0.25, 0.3) is 0 Å². The highest BCUT2D eigenvalue weighted by Gasteiger charge is 2.25. The minimum absolute atomic E-state index is 0.209. The maximum atomic E-state index is 6.09. The molecule has 0 aromatic heterocycles. The molecule has 0 atom stereocenters. The molecule has 2 nitrogen and oxygen atoms in total. The van der Waals surface area contributed by atoms with E-state index in [-0.39, 0.29) is 10.0 Å². The molecule has 1 heterocycles. The van der Waals surface area contributed by atoms with Gasteiger partial charge in [0, 0.05) is 22.7 Å². The SMILES string of the molecule is Clc1cc2c(cc1Br)Oc1c(cc(Cl)c(Cl)c1Cl)O2. The summed E-state index contributed by atoms with van der Waals surface area (Å²) in [4.78, 5) is 0. The fourth-order valence-electron chi connectivity index (χ4n) is 1.63. The Morgan fingerprint density at radius 2 is 1.37 bits per heavy atom. The lowest BCUT2D eigenvalue weighted by atomic mass is 10.2. The van der Waals surface area contributed by atoms with Gasteiger partial charge in [-0.3, -0.25) is 0 Å². The minimum Gasteiger partial charge on any atom is -0.449 e. The van der Waals surface area contributed by atoms with Gasteiger partial charge in [-0.1, -0.05) is 46.4 Å². The minimum atomic E-state index is 0.209. The Kier molecular flexibility index (Phi) is 3.52. The number of hydrogen-bond acceptors (Lipinski definition) is 2. The van der Waals surface area contributed by atoms with Gasteiger partial charge in [0.2, 0.25) is 0 Å². The van der Waals surface area contributed by atoms with Gasteiger partial charge in [-0.05, 0) is 15.9 Å².